The Hall–Kier alpha value is -0.910. The fourth-order valence-electron chi connectivity index (χ4n) is 3.88. The molecule has 1 aromatic rings. The molecule has 2 aliphatic rings. The third-order valence-electron chi connectivity index (χ3n) is 5.07. The zero-order valence-electron chi connectivity index (χ0n) is 13.3. The van der Waals surface area contributed by atoms with Gasteiger partial charge in [0.25, 0.3) is 0 Å². The van der Waals surface area contributed by atoms with Crippen molar-refractivity contribution in [2.24, 2.45) is 0 Å². The number of aliphatic hydroxyl groups is 1. The smallest absolute Gasteiger partial charge is 0.0809 e. The third-order valence-corrected chi connectivity index (χ3v) is 5.07. The molecule has 1 spiro atoms. The lowest BCUT2D eigenvalue weighted by molar-refractivity contribution is -0.107. The summed E-state index contributed by atoms with van der Waals surface area (Å²) in [5.74, 6) is 0. The highest BCUT2D eigenvalue weighted by Gasteiger charge is 2.39. The summed E-state index contributed by atoms with van der Waals surface area (Å²) < 4.78 is 8.03. The van der Waals surface area contributed by atoms with Gasteiger partial charge in [0.2, 0.25) is 0 Å². The summed E-state index contributed by atoms with van der Waals surface area (Å²) in [6.45, 7) is 8.76. The Balaban J connectivity index is 1.71. The monoisotopic (exact) mass is 293 g/mol. The maximum Gasteiger partial charge on any atom is 0.0809 e. The van der Waals surface area contributed by atoms with Gasteiger partial charge in [0, 0.05) is 30.9 Å². The van der Waals surface area contributed by atoms with Crippen LogP contribution >= 0.6 is 0 Å². The van der Waals surface area contributed by atoms with Crippen molar-refractivity contribution in [2.75, 3.05) is 26.3 Å². The van der Waals surface area contributed by atoms with Crippen molar-refractivity contribution in [3.63, 3.8) is 0 Å². The van der Waals surface area contributed by atoms with Crippen LogP contribution in [0.3, 0.4) is 0 Å². The van der Waals surface area contributed by atoms with Crippen molar-refractivity contribution in [1.29, 1.82) is 0 Å². The van der Waals surface area contributed by atoms with Gasteiger partial charge in [-0.25, -0.2) is 0 Å². The fraction of sp³-hybridized carbons (Fsp3) is 0.812. The molecule has 2 fully saturated rings. The molecule has 5 heteroatoms. The number of morpholine rings is 1. The molecule has 2 heterocycles. The zero-order valence-corrected chi connectivity index (χ0v) is 13.3. The second-order valence-electron chi connectivity index (χ2n) is 6.55. The Morgan fingerprint density at radius 3 is 2.76 bits per heavy atom. The van der Waals surface area contributed by atoms with E-state index in [2.05, 4.69) is 23.8 Å². The standard InChI is InChI=1S/C16H27N3O2/c1-13-15(14(2)19(17-13)7-9-20)11-18-8-10-21-16(12-18)5-3-4-6-16/h20H,3-12H2,1-2H3. The molecule has 21 heavy (non-hydrogen) atoms. The van der Waals surface area contributed by atoms with Crippen LogP contribution in [0.4, 0.5) is 0 Å². The van der Waals surface area contributed by atoms with E-state index in [4.69, 9.17) is 9.84 Å². The summed E-state index contributed by atoms with van der Waals surface area (Å²) in [4.78, 5) is 2.52. The van der Waals surface area contributed by atoms with Crippen molar-refractivity contribution in [3.05, 3.63) is 17.0 Å². The quantitative estimate of drug-likeness (QED) is 0.917. The minimum Gasteiger partial charge on any atom is -0.394 e. The van der Waals surface area contributed by atoms with E-state index in [1.54, 1.807) is 0 Å². The zero-order chi connectivity index (χ0) is 14.9. The number of aryl methyl sites for hydroxylation is 1. The Kier molecular flexibility index (Phi) is 4.33. The second kappa shape index (κ2) is 6.07. The fourth-order valence-corrected chi connectivity index (χ4v) is 3.88. The van der Waals surface area contributed by atoms with E-state index in [9.17, 15) is 0 Å². The largest absolute Gasteiger partial charge is 0.394 e. The summed E-state index contributed by atoms with van der Waals surface area (Å²) in [5.41, 5.74) is 3.72. The van der Waals surface area contributed by atoms with Crippen LogP contribution in [-0.4, -0.2) is 51.7 Å². The first-order chi connectivity index (χ1) is 10.1. The number of hydrogen-bond acceptors (Lipinski definition) is 4. The van der Waals surface area contributed by atoms with E-state index in [1.165, 1.54) is 36.9 Å². The molecule has 118 valence electrons. The highest BCUT2D eigenvalue weighted by atomic mass is 16.5. The van der Waals surface area contributed by atoms with Crippen molar-refractivity contribution in [2.45, 2.75) is 58.2 Å². The molecule has 1 saturated heterocycles. The van der Waals surface area contributed by atoms with Crippen LogP contribution in [0, 0.1) is 13.8 Å². The van der Waals surface area contributed by atoms with Gasteiger partial charge in [-0.3, -0.25) is 9.58 Å². The molecule has 0 bridgehead atoms. The lowest BCUT2D eigenvalue weighted by Crippen LogP contribution is -2.49. The Bertz CT molecular complexity index is 492. The molecule has 1 aliphatic heterocycles. The van der Waals surface area contributed by atoms with Crippen LogP contribution in [-0.2, 0) is 17.8 Å². The molecule has 5 nitrogen and oxygen atoms in total. The number of nitrogens with zero attached hydrogens (tertiary/aromatic N) is 3. The highest BCUT2D eigenvalue weighted by molar-refractivity contribution is 5.24. The minimum atomic E-state index is 0.126. The van der Waals surface area contributed by atoms with E-state index in [-0.39, 0.29) is 12.2 Å². The number of aliphatic hydroxyl groups excluding tert-OH is 1. The summed E-state index contributed by atoms with van der Waals surface area (Å²) >= 11 is 0. The first-order valence-electron chi connectivity index (χ1n) is 8.14. The SMILES string of the molecule is Cc1nn(CCO)c(C)c1CN1CCOC2(CCCC2)C1. The Morgan fingerprint density at radius 1 is 1.29 bits per heavy atom. The Morgan fingerprint density at radius 2 is 2.05 bits per heavy atom. The van der Waals surface area contributed by atoms with Gasteiger partial charge in [-0.1, -0.05) is 12.8 Å². The number of hydrogen-bond donors (Lipinski definition) is 1. The van der Waals surface area contributed by atoms with Gasteiger partial charge in [0.15, 0.2) is 0 Å². The molecule has 1 saturated carbocycles. The van der Waals surface area contributed by atoms with Gasteiger partial charge in [-0.15, -0.1) is 0 Å². The number of aromatic nitrogens is 2. The van der Waals surface area contributed by atoms with Gasteiger partial charge >= 0.3 is 0 Å². The van der Waals surface area contributed by atoms with E-state index in [0.29, 0.717) is 6.54 Å². The molecule has 0 atom stereocenters. The number of rotatable bonds is 4. The van der Waals surface area contributed by atoms with Gasteiger partial charge in [-0.2, -0.15) is 5.10 Å². The molecule has 1 aliphatic carbocycles. The first kappa shape index (κ1) is 15.0. The molecule has 0 aromatic carbocycles. The Labute approximate surface area is 126 Å². The van der Waals surface area contributed by atoms with Crippen LogP contribution < -0.4 is 0 Å². The van der Waals surface area contributed by atoms with E-state index in [1.807, 2.05) is 4.68 Å². The maximum absolute atomic E-state index is 9.12. The van der Waals surface area contributed by atoms with Crippen LogP contribution in [0.15, 0.2) is 0 Å². The predicted octanol–water partition coefficient (Wildman–Crippen LogP) is 1.64. The first-order valence-corrected chi connectivity index (χ1v) is 8.14. The van der Waals surface area contributed by atoms with Crippen molar-refractivity contribution < 1.29 is 9.84 Å². The topological polar surface area (TPSA) is 50.5 Å². The normalized spacial score (nSPS) is 22.2. The van der Waals surface area contributed by atoms with E-state index in [0.717, 1.165) is 31.9 Å². The summed E-state index contributed by atoms with van der Waals surface area (Å²) in [6.07, 6.45) is 5.04. The summed E-state index contributed by atoms with van der Waals surface area (Å²) in [5, 5.41) is 13.7. The molecule has 0 radical (unpaired) electrons. The van der Waals surface area contributed by atoms with Crippen LogP contribution in [0.2, 0.25) is 0 Å². The molecule has 1 aromatic heterocycles. The lowest BCUT2D eigenvalue weighted by Gasteiger charge is -2.40. The van der Waals surface area contributed by atoms with Crippen molar-refractivity contribution >= 4 is 0 Å². The minimum absolute atomic E-state index is 0.126. The average molecular weight is 293 g/mol. The van der Waals surface area contributed by atoms with E-state index < -0.39 is 0 Å². The van der Waals surface area contributed by atoms with Crippen molar-refractivity contribution in [3.8, 4) is 0 Å². The third kappa shape index (κ3) is 3.00. The molecular formula is C16H27N3O2. The maximum atomic E-state index is 9.12. The molecule has 3 rings (SSSR count). The predicted molar refractivity (Wildman–Crippen MR) is 81.2 cm³/mol. The van der Waals surface area contributed by atoms with Crippen LogP contribution in [0.25, 0.3) is 0 Å². The van der Waals surface area contributed by atoms with Gasteiger partial charge in [0.05, 0.1) is 31.1 Å². The summed E-state index contributed by atoms with van der Waals surface area (Å²) in [7, 11) is 0. The van der Waals surface area contributed by atoms with Crippen LogP contribution in [0.1, 0.15) is 42.6 Å². The lowest BCUT2D eigenvalue weighted by atomic mass is 9.99. The molecular weight excluding hydrogens is 266 g/mol. The highest BCUT2D eigenvalue weighted by Crippen LogP contribution is 2.36. The summed E-state index contributed by atoms with van der Waals surface area (Å²) in [6, 6.07) is 0. The average Bonchev–Trinajstić information content (AvgIpc) is 3.00. The van der Waals surface area contributed by atoms with Gasteiger partial charge in [0.1, 0.15) is 0 Å². The molecule has 1 N–H and O–H groups in total. The van der Waals surface area contributed by atoms with Gasteiger partial charge in [-0.05, 0) is 26.7 Å². The molecule has 0 unspecified atom stereocenters. The second-order valence-corrected chi connectivity index (χ2v) is 6.55. The van der Waals surface area contributed by atoms with E-state index >= 15 is 0 Å². The van der Waals surface area contributed by atoms with Crippen molar-refractivity contribution in [1.82, 2.24) is 14.7 Å². The van der Waals surface area contributed by atoms with Gasteiger partial charge < -0.3 is 9.84 Å². The van der Waals surface area contributed by atoms with Crippen LogP contribution in [0.5, 0.6) is 0 Å². The molecule has 0 amide bonds. The number of ether oxygens (including phenoxy) is 1.